The van der Waals surface area contributed by atoms with Gasteiger partial charge in [0.05, 0.1) is 25.6 Å². The van der Waals surface area contributed by atoms with Crippen molar-refractivity contribution < 1.29 is 37.4 Å². The van der Waals surface area contributed by atoms with Gasteiger partial charge in [-0.2, -0.15) is 13.2 Å². The zero-order chi connectivity index (χ0) is 23.3. The topological polar surface area (TPSA) is 110 Å². The van der Waals surface area contributed by atoms with E-state index in [0.29, 0.717) is 22.4 Å². The summed E-state index contributed by atoms with van der Waals surface area (Å²) in [5.74, 6) is -2.13. The van der Waals surface area contributed by atoms with E-state index in [4.69, 9.17) is 15.6 Å². The number of nitrogens with two attached hydrogens (primary N) is 1. The van der Waals surface area contributed by atoms with E-state index >= 15 is 0 Å². The molecule has 0 aliphatic heterocycles. The predicted molar refractivity (Wildman–Crippen MR) is 105 cm³/mol. The van der Waals surface area contributed by atoms with Crippen molar-refractivity contribution in [1.82, 2.24) is 4.90 Å². The molecule has 0 saturated carbocycles. The monoisotopic (exact) mass is 438 g/mol. The van der Waals surface area contributed by atoms with Gasteiger partial charge in [-0.3, -0.25) is 14.4 Å². The van der Waals surface area contributed by atoms with E-state index in [1.807, 2.05) is 0 Å². The average Bonchev–Trinajstić information content (AvgIpc) is 2.65. The summed E-state index contributed by atoms with van der Waals surface area (Å²) in [6, 6.07) is 7.55. The summed E-state index contributed by atoms with van der Waals surface area (Å²) in [7, 11) is 1.37. The van der Waals surface area contributed by atoms with Gasteiger partial charge in [0.25, 0.3) is 0 Å². The highest BCUT2D eigenvalue weighted by Crippen LogP contribution is 2.38. The van der Waals surface area contributed by atoms with Crippen LogP contribution in [-0.2, 0) is 33.5 Å². The second-order valence-corrected chi connectivity index (χ2v) is 6.82. The molecule has 0 bridgehead atoms. The molecule has 166 valence electrons. The number of aliphatic carboxylic acids is 1. The van der Waals surface area contributed by atoms with Crippen LogP contribution in [0, 0.1) is 0 Å². The maximum atomic E-state index is 13.3. The molecule has 0 aliphatic rings. The summed E-state index contributed by atoms with van der Waals surface area (Å²) in [5, 5.41) is 9.06. The van der Waals surface area contributed by atoms with Crippen molar-refractivity contribution in [3.63, 3.8) is 0 Å². The molecule has 0 unspecified atom stereocenters. The lowest BCUT2D eigenvalue weighted by molar-refractivity contribution is -0.138. The van der Waals surface area contributed by atoms with Gasteiger partial charge in [0.1, 0.15) is 5.75 Å². The number of rotatable bonds is 8. The first kappa shape index (κ1) is 23.7. The molecule has 2 amide bonds. The second kappa shape index (κ2) is 9.50. The number of hydrogen-bond donors (Lipinski definition) is 2. The lowest BCUT2D eigenvalue weighted by Gasteiger charge is -2.23. The number of benzene rings is 2. The van der Waals surface area contributed by atoms with Crippen LogP contribution in [0.2, 0.25) is 0 Å². The number of carbonyl (C=O) groups is 3. The van der Waals surface area contributed by atoms with E-state index in [-0.39, 0.29) is 18.5 Å². The summed E-state index contributed by atoms with van der Waals surface area (Å²) < 4.78 is 45.3. The zero-order valence-corrected chi connectivity index (χ0v) is 16.8. The highest BCUT2D eigenvalue weighted by Gasteiger charge is 2.31. The SMILES string of the molecule is COc1ccc(CC(=O)O)cc1-c1ccc(C(F)(F)F)cc1CN(CC(N)=O)C(C)=O. The lowest BCUT2D eigenvalue weighted by atomic mass is 9.94. The minimum absolute atomic E-state index is 0.0945. The van der Waals surface area contributed by atoms with Crippen LogP contribution in [0.5, 0.6) is 5.75 Å². The van der Waals surface area contributed by atoms with E-state index < -0.39 is 36.1 Å². The number of ether oxygens (including phenoxy) is 1. The first-order valence-electron chi connectivity index (χ1n) is 9.05. The number of carboxylic acids is 1. The van der Waals surface area contributed by atoms with Crippen LogP contribution in [0.3, 0.4) is 0 Å². The van der Waals surface area contributed by atoms with Crippen molar-refractivity contribution in [2.75, 3.05) is 13.7 Å². The van der Waals surface area contributed by atoms with Gasteiger partial charge in [0.15, 0.2) is 0 Å². The third-order valence-corrected chi connectivity index (χ3v) is 4.50. The number of methoxy groups -OCH3 is 1. The summed E-state index contributed by atoms with van der Waals surface area (Å²) in [4.78, 5) is 35.3. The van der Waals surface area contributed by atoms with Gasteiger partial charge in [-0.05, 0) is 41.0 Å². The van der Waals surface area contributed by atoms with Crippen LogP contribution in [0.4, 0.5) is 13.2 Å². The Morgan fingerprint density at radius 1 is 1.10 bits per heavy atom. The maximum Gasteiger partial charge on any atom is 0.416 e. The molecule has 0 aromatic heterocycles. The molecular weight excluding hydrogens is 417 g/mol. The Balaban J connectivity index is 2.68. The largest absolute Gasteiger partial charge is 0.496 e. The van der Waals surface area contributed by atoms with Crippen molar-refractivity contribution >= 4 is 17.8 Å². The molecule has 0 spiro atoms. The number of hydrogen-bond acceptors (Lipinski definition) is 4. The molecule has 0 saturated heterocycles. The molecular formula is C21H21F3N2O5. The third-order valence-electron chi connectivity index (χ3n) is 4.50. The quantitative estimate of drug-likeness (QED) is 0.659. The molecule has 0 heterocycles. The number of carboxylic acid groups (broad SMARTS) is 1. The fraction of sp³-hybridized carbons (Fsp3) is 0.286. The molecule has 0 fully saturated rings. The van der Waals surface area contributed by atoms with Gasteiger partial charge in [0, 0.05) is 19.0 Å². The second-order valence-electron chi connectivity index (χ2n) is 6.82. The average molecular weight is 438 g/mol. The summed E-state index contributed by atoms with van der Waals surface area (Å²) in [6.07, 6.45) is -4.93. The van der Waals surface area contributed by atoms with Crippen molar-refractivity contribution in [2.24, 2.45) is 5.73 Å². The number of alkyl halides is 3. The van der Waals surface area contributed by atoms with Crippen LogP contribution in [0.15, 0.2) is 36.4 Å². The van der Waals surface area contributed by atoms with Gasteiger partial charge in [0.2, 0.25) is 11.8 Å². The molecule has 0 aliphatic carbocycles. The lowest BCUT2D eigenvalue weighted by Crippen LogP contribution is -2.36. The molecule has 0 atom stereocenters. The van der Waals surface area contributed by atoms with Crippen molar-refractivity contribution in [3.05, 3.63) is 53.1 Å². The number of carbonyl (C=O) groups excluding carboxylic acids is 2. The van der Waals surface area contributed by atoms with Crippen LogP contribution in [0.25, 0.3) is 11.1 Å². The Labute approximate surface area is 176 Å². The fourth-order valence-corrected chi connectivity index (χ4v) is 3.09. The Morgan fingerprint density at radius 3 is 2.29 bits per heavy atom. The van der Waals surface area contributed by atoms with E-state index in [0.717, 1.165) is 17.0 Å². The standard InChI is InChI=1S/C21H21F3N2O5/c1-12(27)26(11-19(25)28)10-14-9-15(21(22,23)24)4-5-16(14)17-7-13(8-20(29)30)3-6-18(17)31-2/h3-7,9H,8,10-11H2,1-2H3,(H2,25,28)(H,29,30). The minimum atomic E-state index is -4.63. The number of primary amides is 1. The van der Waals surface area contributed by atoms with E-state index in [9.17, 15) is 27.6 Å². The zero-order valence-electron chi connectivity index (χ0n) is 16.8. The minimum Gasteiger partial charge on any atom is -0.496 e. The Hall–Kier alpha value is -3.56. The molecule has 0 radical (unpaired) electrons. The fourth-order valence-electron chi connectivity index (χ4n) is 3.09. The van der Waals surface area contributed by atoms with E-state index in [2.05, 4.69) is 0 Å². The molecule has 7 nitrogen and oxygen atoms in total. The first-order valence-corrected chi connectivity index (χ1v) is 9.05. The van der Waals surface area contributed by atoms with Crippen LogP contribution >= 0.6 is 0 Å². The molecule has 10 heteroatoms. The Bertz CT molecular complexity index is 1000. The molecule has 2 rings (SSSR count). The Morgan fingerprint density at radius 2 is 1.77 bits per heavy atom. The van der Waals surface area contributed by atoms with E-state index in [1.54, 1.807) is 0 Å². The van der Waals surface area contributed by atoms with E-state index in [1.165, 1.54) is 38.3 Å². The van der Waals surface area contributed by atoms with Gasteiger partial charge < -0.3 is 20.5 Å². The van der Waals surface area contributed by atoms with Crippen LogP contribution in [-0.4, -0.2) is 41.4 Å². The van der Waals surface area contributed by atoms with Crippen molar-refractivity contribution in [3.8, 4) is 16.9 Å². The first-order chi connectivity index (χ1) is 14.4. The highest BCUT2D eigenvalue weighted by atomic mass is 19.4. The molecule has 3 N–H and O–H groups in total. The summed E-state index contributed by atoms with van der Waals surface area (Å²) >= 11 is 0. The van der Waals surface area contributed by atoms with Crippen molar-refractivity contribution in [2.45, 2.75) is 26.1 Å². The Kier molecular flexibility index (Phi) is 7.27. The van der Waals surface area contributed by atoms with Gasteiger partial charge in [-0.25, -0.2) is 0 Å². The number of halogens is 3. The van der Waals surface area contributed by atoms with Crippen molar-refractivity contribution in [1.29, 1.82) is 0 Å². The van der Waals surface area contributed by atoms with Crippen LogP contribution in [0.1, 0.15) is 23.6 Å². The van der Waals surface area contributed by atoms with Gasteiger partial charge in [-0.1, -0.05) is 12.1 Å². The highest BCUT2D eigenvalue weighted by molar-refractivity contribution is 5.83. The molecule has 2 aromatic carbocycles. The number of amides is 2. The van der Waals surface area contributed by atoms with Gasteiger partial charge in [-0.15, -0.1) is 0 Å². The number of nitrogens with zero attached hydrogens (tertiary/aromatic N) is 1. The summed E-state index contributed by atoms with van der Waals surface area (Å²) in [6.45, 7) is 0.384. The third kappa shape index (κ3) is 6.21. The predicted octanol–water partition coefficient (Wildman–Crippen LogP) is 2.84. The smallest absolute Gasteiger partial charge is 0.416 e. The molecule has 31 heavy (non-hydrogen) atoms. The van der Waals surface area contributed by atoms with Crippen LogP contribution < -0.4 is 10.5 Å². The summed E-state index contributed by atoms with van der Waals surface area (Å²) in [5.41, 5.74) is 5.38. The maximum absolute atomic E-state index is 13.3. The van der Waals surface area contributed by atoms with Gasteiger partial charge >= 0.3 is 12.1 Å². The normalized spacial score (nSPS) is 11.1. The molecule has 2 aromatic rings.